The van der Waals surface area contributed by atoms with Gasteiger partial charge in [-0.05, 0) is 26.6 Å². The lowest BCUT2D eigenvalue weighted by Gasteiger charge is -2.19. The molecule has 0 aromatic rings. The highest BCUT2D eigenvalue weighted by Crippen LogP contribution is 2.03. The van der Waals surface area contributed by atoms with Crippen LogP contribution in [0.25, 0.3) is 0 Å². The number of rotatable bonds is 5. The summed E-state index contributed by atoms with van der Waals surface area (Å²) in [7, 11) is 4.05. The van der Waals surface area contributed by atoms with Crippen LogP contribution in [0, 0.1) is 0 Å². The van der Waals surface area contributed by atoms with Gasteiger partial charge in [-0.2, -0.15) is 0 Å². The first-order valence-electron chi connectivity index (χ1n) is 4.00. The first kappa shape index (κ1) is 10.4. The number of likely N-dealkylation sites (N-methyl/N-ethyl adjacent to an activating group) is 1. The minimum absolute atomic E-state index is 0.408. The van der Waals surface area contributed by atoms with Gasteiger partial charge in [-0.3, -0.25) is 4.79 Å². The summed E-state index contributed by atoms with van der Waals surface area (Å²) in [6, 6.07) is 0.408. The van der Waals surface area contributed by atoms with E-state index in [9.17, 15) is 4.79 Å². The van der Waals surface area contributed by atoms with Crippen molar-refractivity contribution in [3.8, 4) is 0 Å². The molecule has 0 fully saturated rings. The monoisotopic (exact) mass is 155 g/mol. The molecule has 0 radical (unpaired) electrons. The van der Waals surface area contributed by atoms with Gasteiger partial charge >= 0.3 is 0 Å². The highest BCUT2D eigenvalue weighted by molar-refractivity contribution is 5.64. The molecule has 0 aromatic heterocycles. The summed E-state index contributed by atoms with van der Waals surface area (Å²) in [5.41, 5.74) is 0. The summed E-state index contributed by atoms with van der Waals surface area (Å²) in [5.74, 6) is 0. The number of hydrogen-bond acceptors (Lipinski definition) is 2. The average Bonchev–Trinajstić information content (AvgIpc) is 1.97. The van der Waals surface area contributed by atoms with Crippen LogP contribution in [0.3, 0.4) is 0 Å². The molecule has 11 heavy (non-hydrogen) atoms. The largest absolute Gasteiger partial charge is 0.303 e. The Morgan fingerprint density at radius 1 is 1.45 bits per heavy atom. The maximum atomic E-state index is 10.0. The van der Waals surface area contributed by atoms with Crippen LogP contribution in [0.2, 0.25) is 0 Å². The van der Waals surface area contributed by atoms with E-state index in [0.717, 1.165) is 19.1 Å². The first-order valence-corrected chi connectivity index (χ1v) is 4.00. The Morgan fingerprint density at radius 3 is 2.45 bits per heavy atom. The Kier molecular flexibility index (Phi) is 5.75. The Hall–Kier alpha value is -0.630. The predicted octanol–water partition coefficient (Wildman–Crippen LogP) is 1.47. The van der Waals surface area contributed by atoms with Crippen LogP contribution in [0.1, 0.15) is 19.8 Å². The molecule has 64 valence electrons. The van der Waals surface area contributed by atoms with E-state index in [4.69, 9.17) is 0 Å². The molecule has 0 saturated carbocycles. The summed E-state index contributed by atoms with van der Waals surface area (Å²) in [6.45, 7) is 2.14. The molecule has 0 heterocycles. The fourth-order valence-corrected chi connectivity index (χ4v) is 0.996. The zero-order valence-corrected chi connectivity index (χ0v) is 7.58. The second kappa shape index (κ2) is 6.10. The molecule has 2 heteroatoms. The van der Waals surface area contributed by atoms with Gasteiger partial charge in [0.25, 0.3) is 0 Å². The third-order valence-corrected chi connectivity index (χ3v) is 1.66. The molecule has 0 amide bonds. The van der Waals surface area contributed by atoms with Crippen LogP contribution in [-0.2, 0) is 4.79 Å². The topological polar surface area (TPSA) is 20.3 Å². The Bertz CT molecular complexity index is 130. The lowest BCUT2D eigenvalue weighted by Crippen LogP contribution is -2.25. The van der Waals surface area contributed by atoms with Gasteiger partial charge in [0, 0.05) is 6.04 Å². The maximum absolute atomic E-state index is 10.0. The number of hydrogen-bond donors (Lipinski definition) is 0. The third-order valence-electron chi connectivity index (χ3n) is 1.66. The molecule has 0 saturated heterocycles. The molecule has 0 rings (SSSR count). The smallest absolute Gasteiger partial charge is 0.142 e. The van der Waals surface area contributed by atoms with E-state index < -0.39 is 0 Å². The van der Waals surface area contributed by atoms with Gasteiger partial charge in [-0.1, -0.05) is 19.4 Å². The van der Waals surface area contributed by atoms with Crippen LogP contribution in [-0.4, -0.2) is 31.3 Å². The summed E-state index contributed by atoms with van der Waals surface area (Å²) in [5, 5.41) is 0. The quantitative estimate of drug-likeness (QED) is 0.442. The first-order chi connectivity index (χ1) is 5.22. The highest BCUT2D eigenvalue weighted by atomic mass is 16.1. The van der Waals surface area contributed by atoms with E-state index in [0.29, 0.717) is 6.04 Å². The fourth-order valence-electron chi connectivity index (χ4n) is 0.996. The zero-order chi connectivity index (χ0) is 8.69. The van der Waals surface area contributed by atoms with Crippen molar-refractivity contribution in [1.29, 1.82) is 0 Å². The molecule has 0 aromatic carbocycles. The molecular formula is C9H17NO. The summed E-state index contributed by atoms with van der Waals surface area (Å²) in [6.07, 6.45) is 6.59. The Labute approximate surface area is 68.9 Å². The zero-order valence-electron chi connectivity index (χ0n) is 7.58. The van der Waals surface area contributed by atoms with E-state index >= 15 is 0 Å². The standard InChI is InChI=1S/C9H17NO/c1-4-6-9(10(2)3)7-5-8-11/h5,7-9H,4,6H2,1-3H3/b7-5+. The van der Waals surface area contributed by atoms with Crippen LogP contribution in [0.15, 0.2) is 12.2 Å². The number of nitrogens with zero attached hydrogens (tertiary/aromatic N) is 1. The van der Waals surface area contributed by atoms with Gasteiger partial charge < -0.3 is 4.90 Å². The fraction of sp³-hybridized carbons (Fsp3) is 0.667. The molecule has 0 aliphatic rings. The van der Waals surface area contributed by atoms with Crippen molar-refractivity contribution >= 4 is 6.29 Å². The number of aldehydes is 1. The van der Waals surface area contributed by atoms with E-state index in [2.05, 4.69) is 11.8 Å². The van der Waals surface area contributed by atoms with Crippen molar-refractivity contribution < 1.29 is 4.79 Å². The molecule has 2 nitrogen and oxygen atoms in total. The van der Waals surface area contributed by atoms with Gasteiger partial charge in [-0.15, -0.1) is 0 Å². The van der Waals surface area contributed by atoms with E-state index in [1.165, 1.54) is 0 Å². The maximum Gasteiger partial charge on any atom is 0.142 e. The molecule has 0 N–H and O–H groups in total. The molecule has 1 atom stereocenters. The molecular weight excluding hydrogens is 138 g/mol. The van der Waals surface area contributed by atoms with Gasteiger partial charge in [0.05, 0.1) is 0 Å². The van der Waals surface area contributed by atoms with Crippen LogP contribution < -0.4 is 0 Å². The van der Waals surface area contributed by atoms with Crippen molar-refractivity contribution in [3.63, 3.8) is 0 Å². The third kappa shape index (κ3) is 4.73. The summed E-state index contributed by atoms with van der Waals surface area (Å²) >= 11 is 0. The Balaban J connectivity index is 3.87. The second-order valence-corrected chi connectivity index (χ2v) is 2.84. The number of carbonyl (C=O) groups excluding carboxylic acids is 1. The van der Waals surface area contributed by atoms with Gasteiger partial charge in [0.15, 0.2) is 0 Å². The van der Waals surface area contributed by atoms with Gasteiger partial charge in [-0.25, -0.2) is 0 Å². The Morgan fingerprint density at radius 2 is 2.09 bits per heavy atom. The van der Waals surface area contributed by atoms with Gasteiger partial charge in [0.2, 0.25) is 0 Å². The second-order valence-electron chi connectivity index (χ2n) is 2.84. The highest BCUT2D eigenvalue weighted by Gasteiger charge is 2.04. The average molecular weight is 155 g/mol. The van der Waals surface area contributed by atoms with Crippen molar-refractivity contribution in [3.05, 3.63) is 12.2 Å². The number of carbonyl (C=O) groups is 1. The minimum Gasteiger partial charge on any atom is -0.303 e. The molecule has 0 aliphatic heterocycles. The van der Waals surface area contributed by atoms with Crippen LogP contribution in [0.4, 0.5) is 0 Å². The normalized spacial score (nSPS) is 14.2. The number of allylic oxidation sites excluding steroid dienone is 1. The molecule has 0 aliphatic carbocycles. The summed E-state index contributed by atoms with van der Waals surface area (Å²) in [4.78, 5) is 12.1. The van der Waals surface area contributed by atoms with Crippen molar-refractivity contribution in [2.75, 3.05) is 14.1 Å². The van der Waals surface area contributed by atoms with Crippen LogP contribution >= 0.6 is 0 Å². The van der Waals surface area contributed by atoms with Gasteiger partial charge in [0.1, 0.15) is 6.29 Å². The SMILES string of the molecule is CCCC(/C=C/C=O)N(C)C. The van der Waals surface area contributed by atoms with Crippen LogP contribution in [0.5, 0.6) is 0 Å². The van der Waals surface area contributed by atoms with E-state index in [1.54, 1.807) is 6.08 Å². The minimum atomic E-state index is 0.408. The predicted molar refractivity (Wildman–Crippen MR) is 47.6 cm³/mol. The van der Waals surface area contributed by atoms with E-state index in [-0.39, 0.29) is 0 Å². The van der Waals surface area contributed by atoms with Crippen molar-refractivity contribution in [1.82, 2.24) is 4.90 Å². The lowest BCUT2D eigenvalue weighted by molar-refractivity contribution is -0.104. The lowest BCUT2D eigenvalue weighted by atomic mass is 10.1. The molecule has 1 unspecified atom stereocenters. The molecule has 0 spiro atoms. The molecule has 0 bridgehead atoms. The van der Waals surface area contributed by atoms with Crippen molar-refractivity contribution in [2.24, 2.45) is 0 Å². The van der Waals surface area contributed by atoms with E-state index in [1.807, 2.05) is 20.2 Å². The summed E-state index contributed by atoms with van der Waals surface area (Å²) < 4.78 is 0. The van der Waals surface area contributed by atoms with Crippen molar-refractivity contribution in [2.45, 2.75) is 25.8 Å².